The Morgan fingerprint density at radius 1 is 1.12 bits per heavy atom. The Morgan fingerprint density at radius 3 is 2.62 bits per heavy atom. The first-order chi connectivity index (χ1) is 16.4. The zero-order valence-corrected chi connectivity index (χ0v) is 18.7. The number of carboxylic acid groups (broad SMARTS) is 1. The maximum absolute atomic E-state index is 13.5. The van der Waals surface area contributed by atoms with Crippen molar-refractivity contribution in [3.05, 3.63) is 71.5 Å². The van der Waals surface area contributed by atoms with Crippen LogP contribution in [0.1, 0.15) is 26.3 Å². The van der Waals surface area contributed by atoms with Gasteiger partial charge < -0.3 is 25.0 Å². The van der Waals surface area contributed by atoms with Gasteiger partial charge in [-0.1, -0.05) is 23.8 Å². The predicted octanol–water partition coefficient (Wildman–Crippen LogP) is 4.09. The summed E-state index contributed by atoms with van der Waals surface area (Å²) < 4.78 is 5.64. The normalized spacial score (nSPS) is 10.7. The number of hydrogen-bond acceptors (Lipinski definition) is 5. The van der Waals surface area contributed by atoms with Crippen molar-refractivity contribution in [3.63, 3.8) is 0 Å². The van der Waals surface area contributed by atoms with Gasteiger partial charge in [-0.25, -0.2) is 9.78 Å². The highest BCUT2D eigenvalue weighted by atomic mass is 16.5. The number of benzene rings is 3. The number of hydrogen-bond donors (Lipinski definition) is 3. The molecule has 172 valence electrons. The van der Waals surface area contributed by atoms with Crippen LogP contribution in [0.3, 0.4) is 0 Å². The molecule has 9 nitrogen and oxygen atoms in total. The van der Waals surface area contributed by atoms with Gasteiger partial charge in [-0.05, 0) is 37.3 Å². The first-order valence-corrected chi connectivity index (χ1v) is 10.3. The van der Waals surface area contributed by atoms with Crippen LogP contribution in [0.5, 0.6) is 5.75 Å². The number of carbonyl (C=O) groups is 3. The standard InChI is InChI=1S/C25H22N4O5/c1-14-7-10-20(18(11-14)25(32)33)29(2)24(31)17-9-8-16(23(34-3)22(17)28-13-30)15-5-4-6-19-21(15)27-12-26-19/h4-13H,1-3H3,(H,26,27)(H,28,30)(H,32,33). The minimum absolute atomic E-state index is 0.00505. The van der Waals surface area contributed by atoms with E-state index in [2.05, 4.69) is 15.3 Å². The fraction of sp³-hybridized carbons (Fsp3) is 0.120. The first-order valence-electron chi connectivity index (χ1n) is 10.3. The molecule has 34 heavy (non-hydrogen) atoms. The summed E-state index contributed by atoms with van der Waals surface area (Å²) in [6, 6.07) is 13.7. The van der Waals surface area contributed by atoms with Gasteiger partial charge >= 0.3 is 5.97 Å². The molecule has 1 heterocycles. The number of aromatic carboxylic acids is 1. The monoisotopic (exact) mass is 458 g/mol. The highest BCUT2D eigenvalue weighted by Crippen LogP contribution is 2.41. The number of rotatable bonds is 7. The van der Waals surface area contributed by atoms with E-state index in [1.807, 2.05) is 18.2 Å². The number of para-hydroxylation sites is 1. The Kier molecular flexibility index (Phi) is 6.01. The summed E-state index contributed by atoms with van der Waals surface area (Å²) in [6.07, 6.45) is 2.04. The van der Waals surface area contributed by atoms with Crippen molar-refractivity contribution in [2.75, 3.05) is 24.4 Å². The van der Waals surface area contributed by atoms with E-state index in [9.17, 15) is 19.5 Å². The molecular formula is C25H22N4O5. The molecule has 0 fully saturated rings. The smallest absolute Gasteiger partial charge is 0.337 e. The van der Waals surface area contributed by atoms with E-state index in [1.165, 1.54) is 25.1 Å². The van der Waals surface area contributed by atoms with Crippen molar-refractivity contribution in [1.82, 2.24) is 9.97 Å². The van der Waals surface area contributed by atoms with Crippen LogP contribution in [-0.4, -0.2) is 47.5 Å². The third-order valence-electron chi connectivity index (χ3n) is 5.58. The lowest BCUT2D eigenvalue weighted by molar-refractivity contribution is -0.105. The molecule has 1 aromatic heterocycles. The number of nitrogens with zero attached hydrogens (tertiary/aromatic N) is 2. The van der Waals surface area contributed by atoms with E-state index in [1.54, 1.807) is 37.5 Å². The molecule has 0 saturated carbocycles. The lowest BCUT2D eigenvalue weighted by atomic mass is 9.98. The highest BCUT2D eigenvalue weighted by molar-refractivity contribution is 6.14. The predicted molar refractivity (Wildman–Crippen MR) is 129 cm³/mol. The second-order valence-corrected chi connectivity index (χ2v) is 7.63. The third-order valence-corrected chi connectivity index (χ3v) is 5.58. The number of aromatic nitrogens is 2. The van der Waals surface area contributed by atoms with Crippen molar-refractivity contribution in [1.29, 1.82) is 0 Å². The number of aryl methyl sites for hydroxylation is 1. The van der Waals surface area contributed by atoms with E-state index in [0.29, 0.717) is 17.5 Å². The second kappa shape index (κ2) is 9.07. The van der Waals surface area contributed by atoms with Gasteiger partial charge in [0.1, 0.15) is 0 Å². The average molecular weight is 458 g/mol. The molecule has 0 saturated heterocycles. The van der Waals surface area contributed by atoms with Crippen LogP contribution in [0.4, 0.5) is 11.4 Å². The zero-order valence-electron chi connectivity index (χ0n) is 18.7. The van der Waals surface area contributed by atoms with Crippen molar-refractivity contribution >= 4 is 40.7 Å². The van der Waals surface area contributed by atoms with E-state index in [0.717, 1.165) is 16.6 Å². The average Bonchev–Trinajstić information content (AvgIpc) is 3.32. The number of methoxy groups -OCH3 is 1. The Labute approximate surface area is 195 Å². The molecule has 0 aliphatic heterocycles. The number of anilines is 2. The second-order valence-electron chi connectivity index (χ2n) is 7.63. The van der Waals surface area contributed by atoms with E-state index >= 15 is 0 Å². The van der Waals surface area contributed by atoms with Crippen molar-refractivity contribution in [2.24, 2.45) is 0 Å². The molecule has 0 unspecified atom stereocenters. The Hall–Kier alpha value is -4.66. The molecule has 0 aliphatic carbocycles. The highest BCUT2D eigenvalue weighted by Gasteiger charge is 2.26. The van der Waals surface area contributed by atoms with Gasteiger partial charge in [0.25, 0.3) is 5.91 Å². The molecular weight excluding hydrogens is 436 g/mol. The van der Waals surface area contributed by atoms with Gasteiger partial charge in [0.2, 0.25) is 6.41 Å². The van der Waals surface area contributed by atoms with Gasteiger partial charge in [0.15, 0.2) is 5.75 Å². The minimum Gasteiger partial charge on any atom is -0.494 e. The van der Waals surface area contributed by atoms with E-state index in [4.69, 9.17) is 4.74 Å². The fourth-order valence-electron chi connectivity index (χ4n) is 3.97. The lowest BCUT2D eigenvalue weighted by Crippen LogP contribution is -2.29. The van der Waals surface area contributed by atoms with Crippen LogP contribution in [-0.2, 0) is 4.79 Å². The van der Waals surface area contributed by atoms with Crippen LogP contribution in [0.2, 0.25) is 0 Å². The number of nitrogens with one attached hydrogen (secondary N) is 2. The number of amides is 2. The number of imidazole rings is 1. The van der Waals surface area contributed by atoms with Crippen molar-refractivity contribution < 1.29 is 24.2 Å². The third kappa shape index (κ3) is 3.83. The van der Waals surface area contributed by atoms with Gasteiger partial charge in [-0.2, -0.15) is 0 Å². The summed E-state index contributed by atoms with van der Waals surface area (Å²) in [5.41, 5.74) is 4.20. The molecule has 2 amide bonds. The van der Waals surface area contributed by atoms with Gasteiger partial charge in [-0.3, -0.25) is 9.59 Å². The van der Waals surface area contributed by atoms with E-state index < -0.39 is 11.9 Å². The molecule has 0 spiro atoms. The number of carbonyl (C=O) groups excluding carboxylic acids is 2. The molecule has 0 aliphatic rings. The van der Waals surface area contributed by atoms with Crippen LogP contribution < -0.4 is 15.0 Å². The summed E-state index contributed by atoms with van der Waals surface area (Å²) in [6.45, 7) is 1.77. The lowest BCUT2D eigenvalue weighted by Gasteiger charge is -2.23. The first kappa shape index (κ1) is 22.5. The summed E-state index contributed by atoms with van der Waals surface area (Å²) >= 11 is 0. The van der Waals surface area contributed by atoms with Crippen molar-refractivity contribution in [3.8, 4) is 16.9 Å². The Morgan fingerprint density at radius 2 is 1.91 bits per heavy atom. The summed E-state index contributed by atoms with van der Waals surface area (Å²) in [4.78, 5) is 45.4. The molecule has 9 heteroatoms. The molecule has 4 aromatic rings. The Bertz CT molecular complexity index is 1430. The number of ether oxygens (including phenoxy) is 1. The fourth-order valence-corrected chi connectivity index (χ4v) is 3.97. The summed E-state index contributed by atoms with van der Waals surface area (Å²) in [5.74, 6) is -1.38. The van der Waals surface area contributed by atoms with Gasteiger partial charge in [0, 0.05) is 18.2 Å². The van der Waals surface area contributed by atoms with Crippen LogP contribution >= 0.6 is 0 Å². The summed E-state index contributed by atoms with van der Waals surface area (Å²) in [5, 5.41) is 12.2. The molecule has 3 aromatic carbocycles. The van der Waals surface area contributed by atoms with Crippen molar-refractivity contribution in [2.45, 2.75) is 6.92 Å². The van der Waals surface area contributed by atoms with Crippen LogP contribution in [0.15, 0.2) is 54.9 Å². The van der Waals surface area contributed by atoms with E-state index in [-0.39, 0.29) is 28.3 Å². The molecule has 0 radical (unpaired) electrons. The SMILES string of the molecule is COc1c(-c2cccc3[nH]cnc23)ccc(C(=O)N(C)c2ccc(C)cc2C(=O)O)c1NC=O. The Balaban J connectivity index is 1.86. The number of aromatic amines is 1. The number of H-pyrrole nitrogens is 1. The number of fused-ring (bicyclic) bond motifs is 1. The molecule has 3 N–H and O–H groups in total. The number of carboxylic acids is 1. The van der Waals surface area contributed by atoms with Crippen LogP contribution in [0, 0.1) is 6.92 Å². The van der Waals surface area contributed by atoms with Gasteiger partial charge in [-0.15, -0.1) is 0 Å². The quantitative estimate of drug-likeness (QED) is 0.358. The molecule has 0 bridgehead atoms. The van der Waals surface area contributed by atoms with Gasteiger partial charge in [0.05, 0.1) is 47.0 Å². The molecule has 0 atom stereocenters. The largest absolute Gasteiger partial charge is 0.494 e. The maximum Gasteiger partial charge on any atom is 0.337 e. The summed E-state index contributed by atoms with van der Waals surface area (Å²) in [7, 11) is 2.93. The topological polar surface area (TPSA) is 125 Å². The maximum atomic E-state index is 13.5. The zero-order chi connectivity index (χ0) is 24.4. The van der Waals surface area contributed by atoms with Crippen LogP contribution in [0.25, 0.3) is 22.2 Å². The minimum atomic E-state index is -1.15. The molecule has 4 rings (SSSR count).